The van der Waals surface area contributed by atoms with Gasteiger partial charge in [0.05, 0.1) is 12.7 Å². The van der Waals surface area contributed by atoms with Crippen LogP contribution >= 0.6 is 0 Å². The summed E-state index contributed by atoms with van der Waals surface area (Å²) in [5, 5.41) is 8.75. The summed E-state index contributed by atoms with van der Waals surface area (Å²) in [4.78, 5) is 2.15. The zero-order valence-electron chi connectivity index (χ0n) is 12.3. The second-order valence-corrected chi connectivity index (χ2v) is 4.87. The average Bonchev–Trinajstić information content (AvgIpc) is 2.50. The molecule has 1 aromatic carbocycles. The van der Waals surface area contributed by atoms with Gasteiger partial charge >= 0.3 is 0 Å². The number of nitrogens with zero attached hydrogens (tertiary/aromatic N) is 2. The number of nitriles is 1. The molecule has 0 unspecified atom stereocenters. The molecule has 0 atom stereocenters. The molecule has 1 heterocycles. The van der Waals surface area contributed by atoms with Crippen molar-refractivity contribution in [3.63, 3.8) is 0 Å². The molecule has 114 valence electrons. The molecule has 1 aromatic rings. The molecule has 0 radical (unpaired) electrons. The Balaban J connectivity index is 2.09. The summed E-state index contributed by atoms with van der Waals surface area (Å²) in [5.41, 5.74) is 7.75. The number of nitrogen functional groups attached to an aromatic ring is 1. The maximum atomic E-state index is 8.75. The molecule has 6 heteroatoms. The minimum absolute atomic E-state index is 0.480. The van der Waals surface area contributed by atoms with Gasteiger partial charge in [-0.15, -0.1) is 0 Å². The summed E-state index contributed by atoms with van der Waals surface area (Å²) < 4.78 is 16.2. The van der Waals surface area contributed by atoms with Crippen molar-refractivity contribution < 1.29 is 14.2 Å². The topological polar surface area (TPSA) is 80.7 Å². The Kier molecular flexibility index (Phi) is 5.67. The molecule has 0 aliphatic carbocycles. The highest BCUT2D eigenvalue weighted by Gasteiger charge is 2.16. The van der Waals surface area contributed by atoms with Gasteiger partial charge in [-0.2, -0.15) is 5.26 Å². The lowest BCUT2D eigenvalue weighted by atomic mass is 10.1. The van der Waals surface area contributed by atoms with Crippen LogP contribution in [0.1, 0.15) is 12.0 Å². The molecule has 0 aromatic heterocycles. The van der Waals surface area contributed by atoms with E-state index in [-0.39, 0.29) is 0 Å². The van der Waals surface area contributed by atoms with Gasteiger partial charge in [0.15, 0.2) is 11.5 Å². The Labute approximate surface area is 125 Å². The van der Waals surface area contributed by atoms with Gasteiger partial charge in [0.1, 0.15) is 13.2 Å². The average molecular weight is 291 g/mol. The molecule has 21 heavy (non-hydrogen) atoms. The zero-order chi connectivity index (χ0) is 15.1. The van der Waals surface area contributed by atoms with E-state index >= 15 is 0 Å². The Morgan fingerprint density at radius 2 is 2.00 bits per heavy atom. The van der Waals surface area contributed by atoms with E-state index in [2.05, 4.69) is 11.0 Å². The molecule has 0 amide bonds. The van der Waals surface area contributed by atoms with Gasteiger partial charge in [-0.05, 0) is 11.6 Å². The van der Waals surface area contributed by atoms with Crippen LogP contribution < -0.4 is 15.2 Å². The molecule has 0 saturated heterocycles. The summed E-state index contributed by atoms with van der Waals surface area (Å²) in [5.74, 6) is 1.43. The summed E-state index contributed by atoms with van der Waals surface area (Å²) in [6, 6.07) is 5.90. The molecular weight excluding hydrogens is 270 g/mol. The fourth-order valence-electron chi connectivity index (χ4n) is 2.22. The highest BCUT2D eigenvalue weighted by atomic mass is 16.6. The summed E-state index contributed by atoms with van der Waals surface area (Å²) in [6.07, 6.45) is 0.480. The van der Waals surface area contributed by atoms with Crippen molar-refractivity contribution >= 4 is 5.69 Å². The molecule has 6 nitrogen and oxygen atoms in total. The number of nitrogens with two attached hydrogens (primary N) is 1. The highest BCUT2D eigenvalue weighted by Crippen LogP contribution is 2.34. The van der Waals surface area contributed by atoms with Crippen LogP contribution in [0.5, 0.6) is 11.5 Å². The third-order valence-corrected chi connectivity index (χ3v) is 3.35. The van der Waals surface area contributed by atoms with Crippen molar-refractivity contribution in [1.82, 2.24) is 4.90 Å². The lowest BCUT2D eigenvalue weighted by Gasteiger charge is -2.24. The van der Waals surface area contributed by atoms with E-state index in [0.717, 1.165) is 17.9 Å². The van der Waals surface area contributed by atoms with Crippen LogP contribution in [0, 0.1) is 11.3 Å². The number of rotatable bonds is 7. The van der Waals surface area contributed by atoms with Crippen molar-refractivity contribution in [2.45, 2.75) is 13.0 Å². The minimum Gasteiger partial charge on any atom is -0.486 e. The molecule has 0 spiro atoms. The first-order valence-electron chi connectivity index (χ1n) is 7.01. The fraction of sp³-hybridized carbons (Fsp3) is 0.533. The normalized spacial score (nSPS) is 13.2. The first kappa shape index (κ1) is 15.4. The lowest BCUT2D eigenvalue weighted by molar-refractivity contribution is 0.145. The van der Waals surface area contributed by atoms with Gasteiger partial charge in [0, 0.05) is 44.9 Å². The Hall–Kier alpha value is -1.97. The number of benzene rings is 1. The minimum atomic E-state index is 0.480. The molecule has 2 N–H and O–H groups in total. The molecule has 0 bridgehead atoms. The van der Waals surface area contributed by atoms with Gasteiger partial charge in [-0.3, -0.25) is 4.90 Å². The van der Waals surface area contributed by atoms with E-state index in [0.29, 0.717) is 50.8 Å². The molecule has 0 fully saturated rings. The summed E-state index contributed by atoms with van der Waals surface area (Å²) in [6.45, 7) is 3.83. The van der Waals surface area contributed by atoms with Crippen molar-refractivity contribution in [3.05, 3.63) is 17.7 Å². The van der Waals surface area contributed by atoms with E-state index in [9.17, 15) is 0 Å². The van der Waals surface area contributed by atoms with E-state index in [1.54, 1.807) is 7.11 Å². The summed E-state index contributed by atoms with van der Waals surface area (Å²) in [7, 11) is 1.67. The van der Waals surface area contributed by atoms with Crippen molar-refractivity contribution in [1.29, 1.82) is 5.26 Å². The third-order valence-electron chi connectivity index (χ3n) is 3.35. The van der Waals surface area contributed by atoms with E-state index in [1.165, 1.54) is 0 Å². The van der Waals surface area contributed by atoms with Crippen molar-refractivity contribution in [2.24, 2.45) is 0 Å². The smallest absolute Gasteiger partial charge is 0.163 e. The van der Waals surface area contributed by atoms with Gasteiger partial charge < -0.3 is 19.9 Å². The Bertz CT molecular complexity index is 514. The standard InChI is InChI=1S/C15H21N3O3/c1-19-6-5-18(4-2-3-16)11-12-9-14-15(10-13(12)17)21-8-7-20-14/h9-10H,2,4-8,11,17H2,1H3. The number of fused-ring (bicyclic) bond motifs is 1. The van der Waals surface area contributed by atoms with Crippen LogP contribution in [0.3, 0.4) is 0 Å². The SMILES string of the molecule is COCCN(CCC#N)Cc1cc2c(cc1N)OCCO2. The lowest BCUT2D eigenvalue weighted by Crippen LogP contribution is -2.28. The van der Waals surface area contributed by atoms with Crippen LogP contribution in [-0.4, -0.2) is 44.9 Å². The van der Waals surface area contributed by atoms with E-state index in [1.807, 2.05) is 12.1 Å². The largest absolute Gasteiger partial charge is 0.486 e. The molecule has 1 aliphatic rings. The molecule has 1 aliphatic heterocycles. The van der Waals surface area contributed by atoms with Gasteiger partial charge in [0.25, 0.3) is 0 Å². The van der Waals surface area contributed by atoms with E-state index < -0.39 is 0 Å². The number of ether oxygens (including phenoxy) is 3. The third kappa shape index (κ3) is 4.25. The Morgan fingerprint density at radius 3 is 2.67 bits per heavy atom. The number of hydrogen-bond donors (Lipinski definition) is 1. The maximum absolute atomic E-state index is 8.75. The number of anilines is 1. The van der Waals surface area contributed by atoms with Gasteiger partial charge in [-0.1, -0.05) is 0 Å². The predicted octanol–water partition coefficient (Wildman–Crippen LogP) is 1.40. The highest BCUT2D eigenvalue weighted by molar-refractivity contribution is 5.58. The van der Waals surface area contributed by atoms with Gasteiger partial charge in [0.2, 0.25) is 0 Å². The maximum Gasteiger partial charge on any atom is 0.163 e. The van der Waals surface area contributed by atoms with Crippen LogP contribution in [-0.2, 0) is 11.3 Å². The second-order valence-electron chi connectivity index (χ2n) is 4.87. The first-order valence-corrected chi connectivity index (χ1v) is 7.01. The van der Waals surface area contributed by atoms with Crippen molar-refractivity contribution in [3.8, 4) is 17.6 Å². The van der Waals surface area contributed by atoms with Gasteiger partial charge in [-0.25, -0.2) is 0 Å². The second kappa shape index (κ2) is 7.72. The Morgan fingerprint density at radius 1 is 1.29 bits per heavy atom. The first-order chi connectivity index (χ1) is 10.2. The van der Waals surface area contributed by atoms with Crippen LogP contribution in [0.2, 0.25) is 0 Å². The fourth-order valence-corrected chi connectivity index (χ4v) is 2.22. The van der Waals surface area contributed by atoms with Crippen molar-refractivity contribution in [2.75, 3.05) is 45.8 Å². The quantitative estimate of drug-likeness (QED) is 0.765. The van der Waals surface area contributed by atoms with Crippen LogP contribution in [0.25, 0.3) is 0 Å². The summed E-state index contributed by atoms with van der Waals surface area (Å²) >= 11 is 0. The zero-order valence-corrected chi connectivity index (χ0v) is 12.3. The number of hydrogen-bond acceptors (Lipinski definition) is 6. The van der Waals surface area contributed by atoms with E-state index in [4.69, 9.17) is 25.2 Å². The monoisotopic (exact) mass is 291 g/mol. The predicted molar refractivity (Wildman–Crippen MR) is 79.2 cm³/mol. The number of methoxy groups -OCH3 is 1. The molecular formula is C15H21N3O3. The van der Waals surface area contributed by atoms with Crippen LogP contribution in [0.15, 0.2) is 12.1 Å². The van der Waals surface area contributed by atoms with Crippen LogP contribution in [0.4, 0.5) is 5.69 Å². The molecule has 2 rings (SSSR count). The molecule has 0 saturated carbocycles.